The van der Waals surface area contributed by atoms with Crippen molar-refractivity contribution in [3.8, 4) is 0 Å². The smallest absolute Gasteiger partial charge is 0.270 e. The van der Waals surface area contributed by atoms with E-state index >= 15 is 0 Å². The molecule has 1 fully saturated rings. The third-order valence-electron chi connectivity index (χ3n) is 3.55. The number of halogens is 1. The fraction of sp³-hybridized carbons (Fsp3) is 0.462. The van der Waals surface area contributed by atoms with Crippen molar-refractivity contribution < 1.29 is 10.1 Å². The number of benzene rings is 1. The van der Waals surface area contributed by atoms with E-state index < -0.39 is 4.92 Å². The third kappa shape index (κ3) is 3.26. The maximum Gasteiger partial charge on any atom is 0.270 e. The Balaban J connectivity index is 2.06. The summed E-state index contributed by atoms with van der Waals surface area (Å²) in [5.41, 5.74) is 1.69. The molecule has 0 aliphatic carbocycles. The fourth-order valence-corrected chi connectivity index (χ4v) is 2.65. The van der Waals surface area contributed by atoms with E-state index in [2.05, 4.69) is 10.1 Å². The lowest BCUT2D eigenvalue weighted by Crippen LogP contribution is -2.39. The highest BCUT2D eigenvalue weighted by Gasteiger charge is 2.23. The Labute approximate surface area is 121 Å². The summed E-state index contributed by atoms with van der Waals surface area (Å²) in [5.74, 6) is 0.200. The Morgan fingerprint density at radius 1 is 1.60 bits per heavy atom. The lowest BCUT2D eigenvalue weighted by molar-refractivity contribution is -0.384. The predicted octanol–water partition coefficient (Wildman–Crippen LogP) is 2.92. The molecule has 0 amide bonds. The van der Waals surface area contributed by atoms with E-state index in [4.69, 9.17) is 16.8 Å². The number of nitrogens with zero attached hydrogens (tertiary/aromatic N) is 3. The van der Waals surface area contributed by atoms with Gasteiger partial charge in [0.1, 0.15) is 0 Å². The van der Waals surface area contributed by atoms with Crippen LogP contribution in [0.5, 0.6) is 0 Å². The zero-order valence-corrected chi connectivity index (χ0v) is 11.9. The normalized spacial score (nSPS) is 22.1. The fourth-order valence-electron chi connectivity index (χ4n) is 2.41. The predicted molar refractivity (Wildman–Crippen MR) is 76.4 cm³/mol. The molecule has 1 aliphatic rings. The van der Waals surface area contributed by atoms with E-state index in [1.54, 1.807) is 6.07 Å². The second-order valence-electron chi connectivity index (χ2n) is 5.01. The van der Waals surface area contributed by atoms with Crippen LogP contribution < -0.4 is 0 Å². The van der Waals surface area contributed by atoms with Crippen LogP contribution in [-0.4, -0.2) is 33.8 Å². The third-order valence-corrected chi connectivity index (χ3v) is 3.91. The Hall–Kier alpha value is -1.66. The molecule has 1 heterocycles. The second kappa shape index (κ2) is 6.19. The van der Waals surface area contributed by atoms with Crippen molar-refractivity contribution in [3.05, 3.63) is 38.9 Å². The minimum Gasteiger partial charge on any atom is -0.411 e. The van der Waals surface area contributed by atoms with E-state index in [9.17, 15) is 10.1 Å². The van der Waals surface area contributed by atoms with Gasteiger partial charge in [-0.2, -0.15) is 0 Å². The molecule has 6 nitrogen and oxygen atoms in total. The van der Waals surface area contributed by atoms with Crippen LogP contribution in [0.3, 0.4) is 0 Å². The quantitative estimate of drug-likeness (QED) is 0.528. The molecule has 0 saturated carbocycles. The summed E-state index contributed by atoms with van der Waals surface area (Å²) < 4.78 is 0. The molecule has 1 unspecified atom stereocenters. The number of piperidine rings is 1. The molecule has 0 aromatic heterocycles. The van der Waals surface area contributed by atoms with Crippen LogP contribution in [0.4, 0.5) is 5.69 Å². The number of oxime groups is 1. The number of nitro benzene ring substituents is 1. The first-order chi connectivity index (χ1) is 9.51. The van der Waals surface area contributed by atoms with E-state index in [1.165, 1.54) is 12.1 Å². The maximum atomic E-state index is 10.7. The van der Waals surface area contributed by atoms with Gasteiger partial charge in [-0.3, -0.25) is 15.0 Å². The van der Waals surface area contributed by atoms with Crippen molar-refractivity contribution in [3.63, 3.8) is 0 Å². The minimum absolute atomic E-state index is 0.000428. The summed E-state index contributed by atoms with van der Waals surface area (Å²) in [6.07, 6.45) is 0.724. The van der Waals surface area contributed by atoms with Gasteiger partial charge in [0.2, 0.25) is 0 Å². The summed E-state index contributed by atoms with van der Waals surface area (Å²) in [7, 11) is 0. The van der Waals surface area contributed by atoms with Crippen LogP contribution in [0.1, 0.15) is 18.9 Å². The molecule has 0 radical (unpaired) electrons. The molecule has 1 N–H and O–H groups in total. The summed E-state index contributed by atoms with van der Waals surface area (Å²) in [4.78, 5) is 12.4. The van der Waals surface area contributed by atoms with Crippen molar-refractivity contribution in [1.82, 2.24) is 4.90 Å². The first-order valence-corrected chi connectivity index (χ1v) is 6.75. The average Bonchev–Trinajstić information content (AvgIpc) is 2.41. The van der Waals surface area contributed by atoms with Gasteiger partial charge in [0.05, 0.1) is 15.7 Å². The zero-order chi connectivity index (χ0) is 14.7. The average molecular weight is 298 g/mol. The molecule has 1 saturated heterocycles. The molecule has 1 atom stereocenters. The van der Waals surface area contributed by atoms with Crippen LogP contribution in [0.2, 0.25) is 5.02 Å². The van der Waals surface area contributed by atoms with Crippen molar-refractivity contribution in [2.45, 2.75) is 19.9 Å². The van der Waals surface area contributed by atoms with E-state index in [-0.39, 0.29) is 11.6 Å². The van der Waals surface area contributed by atoms with Crippen LogP contribution in [0.15, 0.2) is 23.4 Å². The Morgan fingerprint density at radius 2 is 2.35 bits per heavy atom. The van der Waals surface area contributed by atoms with Gasteiger partial charge >= 0.3 is 0 Å². The van der Waals surface area contributed by atoms with Gasteiger partial charge in [0.25, 0.3) is 5.69 Å². The Bertz CT molecular complexity index is 548. The minimum atomic E-state index is -0.456. The van der Waals surface area contributed by atoms with E-state index in [1.807, 2.05) is 6.92 Å². The Morgan fingerprint density at radius 3 is 2.90 bits per heavy atom. The van der Waals surface area contributed by atoms with Crippen LogP contribution in [0, 0.1) is 16.0 Å². The van der Waals surface area contributed by atoms with Gasteiger partial charge in [-0.1, -0.05) is 23.7 Å². The van der Waals surface area contributed by atoms with E-state index in [0.717, 1.165) is 30.8 Å². The largest absolute Gasteiger partial charge is 0.411 e. The van der Waals surface area contributed by atoms with E-state index in [0.29, 0.717) is 11.6 Å². The van der Waals surface area contributed by atoms with Gasteiger partial charge in [-0.05, 0) is 11.6 Å². The van der Waals surface area contributed by atoms with Gasteiger partial charge < -0.3 is 5.21 Å². The van der Waals surface area contributed by atoms with Gasteiger partial charge in [-0.15, -0.1) is 0 Å². The monoisotopic (exact) mass is 297 g/mol. The zero-order valence-electron chi connectivity index (χ0n) is 11.1. The molecule has 2 rings (SSSR count). The summed E-state index contributed by atoms with van der Waals surface area (Å²) in [5, 5.41) is 23.2. The topological polar surface area (TPSA) is 79.0 Å². The van der Waals surface area contributed by atoms with Crippen molar-refractivity contribution in [2.75, 3.05) is 13.1 Å². The molecule has 108 valence electrons. The standard InChI is InChI=1S/C13H16ClN3O3/c1-9-7-16(5-4-13(9)15-18)8-10-2-3-11(17(19)20)6-12(10)14/h2-3,6,9,18H,4-5,7-8H2,1H3/b15-13+. The molecular weight excluding hydrogens is 282 g/mol. The SMILES string of the molecule is CC1CN(Cc2ccc([N+](=O)[O-])cc2Cl)CC/C1=N\O. The molecule has 1 aromatic carbocycles. The molecule has 1 aliphatic heterocycles. The van der Waals surface area contributed by atoms with Crippen molar-refractivity contribution in [1.29, 1.82) is 0 Å². The van der Waals surface area contributed by atoms with Gasteiger partial charge in [-0.25, -0.2) is 0 Å². The first-order valence-electron chi connectivity index (χ1n) is 6.37. The van der Waals surface area contributed by atoms with Gasteiger partial charge in [0, 0.05) is 44.1 Å². The first kappa shape index (κ1) is 14.7. The Kier molecular flexibility index (Phi) is 4.57. The second-order valence-corrected chi connectivity index (χ2v) is 5.42. The molecule has 0 bridgehead atoms. The van der Waals surface area contributed by atoms with Crippen LogP contribution in [0.25, 0.3) is 0 Å². The number of rotatable bonds is 3. The molecular formula is C13H16ClN3O3. The summed E-state index contributed by atoms with van der Waals surface area (Å²) in [6, 6.07) is 4.54. The van der Waals surface area contributed by atoms with Crippen LogP contribution >= 0.6 is 11.6 Å². The lowest BCUT2D eigenvalue weighted by atomic mass is 9.97. The van der Waals surface area contributed by atoms with Crippen molar-refractivity contribution in [2.24, 2.45) is 11.1 Å². The number of non-ortho nitro benzene ring substituents is 1. The highest BCUT2D eigenvalue weighted by Crippen LogP contribution is 2.25. The molecule has 7 heteroatoms. The number of hydrogen-bond acceptors (Lipinski definition) is 5. The number of likely N-dealkylation sites (tertiary alicyclic amines) is 1. The highest BCUT2D eigenvalue weighted by molar-refractivity contribution is 6.31. The van der Waals surface area contributed by atoms with Crippen LogP contribution in [-0.2, 0) is 6.54 Å². The van der Waals surface area contributed by atoms with Crippen molar-refractivity contribution >= 4 is 23.0 Å². The maximum absolute atomic E-state index is 10.7. The number of nitro groups is 1. The van der Waals surface area contributed by atoms with Gasteiger partial charge in [0.15, 0.2) is 0 Å². The highest BCUT2D eigenvalue weighted by atomic mass is 35.5. The summed E-state index contributed by atoms with van der Waals surface area (Å²) in [6.45, 7) is 4.22. The summed E-state index contributed by atoms with van der Waals surface area (Å²) >= 11 is 6.09. The number of hydrogen-bond donors (Lipinski definition) is 1. The molecule has 1 aromatic rings. The molecule has 20 heavy (non-hydrogen) atoms. The molecule has 0 spiro atoms. The lowest BCUT2D eigenvalue weighted by Gasteiger charge is -2.31.